The van der Waals surface area contributed by atoms with Gasteiger partial charge in [-0.05, 0) is 29.1 Å². The monoisotopic (exact) mass is 297 g/mol. The Hall–Kier alpha value is -2.08. The summed E-state index contributed by atoms with van der Waals surface area (Å²) >= 11 is 5.63. The second-order valence-corrected chi connectivity index (χ2v) is 4.46. The Morgan fingerprint density at radius 1 is 1.10 bits per heavy atom. The van der Waals surface area contributed by atoms with Gasteiger partial charge in [0.05, 0.1) is 5.52 Å². The predicted octanol–water partition coefficient (Wildman–Crippen LogP) is 4.09. The normalized spacial score (nSPS) is 12.0. The number of hydrogen-bond donors (Lipinski definition) is 0. The van der Waals surface area contributed by atoms with Gasteiger partial charge in [-0.25, -0.2) is 4.98 Å². The van der Waals surface area contributed by atoms with Gasteiger partial charge < -0.3 is 4.57 Å². The molecule has 2 heterocycles. The van der Waals surface area contributed by atoms with E-state index in [-0.39, 0.29) is 11.1 Å². The van der Waals surface area contributed by atoms with E-state index in [0.29, 0.717) is 11.7 Å². The molecule has 7 heteroatoms. The van der Waals surface area contributed by atoms with Gasteiger partial charge in [0.15, 0.2) is 5.82 Å². The van der Waals surface area contributed by atoms with E-state index in [1.54, 1.807) is 18.2 Å². The topological polar surface area (TPSA) is 30.7 Å². The number of rotatable bonds is 1. The van der Waals surface area contributed by atoms with Crippen LogP contribution in [0.15, 0.2) is 42.7 Å². The van der Waals surface area contributed by atoms with Gasteiger partial charge >= 0.3 is 6.18 Å². The fourth-order valence-electron chi connectivity index (χ4n) is 2.00. The first-order valence-electron chi connectivity index (χ1n) is 5.63. The van der Waals surface area contributed by atoms with Gasteiger partial charge in [0.25, 0.3) is 0 Å². The van der Waals surface area contributed by atoms with Crippen LogP contribution in [0.25, 0.3) is 16.7 Å². The first-order chi connectivity index (χ1) is 9.47. The number of aromatic nitrogens is 3. The molecule has 3 nitrogen and oxygen atoms in total. The molecule has 0 bridgehead atoms. The molecule has 0 radical (unpaired) electrons. The molecule has 0 amide bonds. The molecular weight excluding hydrogens is 291 g/mol. The molecule has 0 fully saturated rings. The van der Waals surface area contributed by atoms with Crippen LogP contribution >= 0.6 is 11.6 Å². The van der Waals surface area contributed by atoms with Crippen molar-refractivity contribution >= 4 is 22.5 Å². The molecule has 0 aliphatic rings. The average molecular weight is 298 g/mol. The highest BCUT2D eigenvalue weighted by molar-refractivity contribution is 6.28. The molecule has 0 N–H and O–H groups in total. The standard InChI is InChI=1S/C13H7ClF3N3/c14-12-18-7-9(13(15,16)17)11(19-12)20-6-5-8-3-1-2-4-10(8)20/h1-7H. The van der Waals surface area contributed by atoms with Gasteiger partial charge in [-0.15, -0.1) is 0 Å². The lowest BCUT2D eigenvalue weighted by molar-refractivity contribution is -0.137. The Balaban J connectivity index is 2.31. The molecule has 0 saturated heterocycles. The molecule has 20 heavy (non-hydrogen) atoms. The second kappa shape index (κ2) is 4.49. The van der Waals surface area contributed by atoms with E-state index < -0.39 is 11.7 Å². The van der Waals surface area contributed by atoms with Gasteiger partial charge in [-0.3, -0.25) is 0 Å². The maximum Gasteiger partial charge on any atom is 0.421 e. The van der Waals surface area contributed by atoms with Crippen LogP contribution in [0.2, 0.25) is 5.28 Å². The Morgan fingerprint density at radius 3 is 2.60 bits per heavy atom. The van der Waals surface area contributed by atoms with Gasteiger partial charge in [0.1, 0.15) is 5.56 Å². The number of fused-ring (bicyclic) bond motifs is 1. The zero-order chi connectivity index (χ0) is 14.3. The molecule has 3 aromatic rings. The minimum Gasteiger partial charge on any atom is -0.301 e. The van der Waals surface area contributed by atoms with Crippen LogP contribution in [0, 0.1) is 0 Å². The van der Waals surface area contributed by atoms with E-state index in [9.17, 15) is 13.2 Å². The molecule has 0 spiro atoms. The lowest BCUT2D eigenvalue weighted by Crippen LogP contribution is -2.13. The van der Waals surface area contributed by atoms with Gasteiger partial charge in [0.2, 0.25) is 5.28 Å². The quantitative estimate of drug-likeness (QED) is 0.633. The maximum absolute atomic E-state index is 13.0. The van der Waals surface area contributed by atoms with Gasteiger partial charge in [-0.1, -0.05) is 18.2 Å². The Bertz CT molecular complexity index is 780. The zero-order valence-corrected chi connectivity index (χ0v) is 10.7. The van der Waals surface area contributed by atoms with E-state index in [1.807, 2.05) is 12.1 Å². The van der Waals surface area contributed by atoms with E-state index in [4.69, 9.17) is 11.6 Å². The van der Waals surface area contributed by atoms with Gasteiger partial charge in [0, 0.05) is 12.4 Å². The van der Waals surface area contributed by atoms with Crippen molar-refractivity contribution in [2.75, 3.05) is 0 Å². The summed E-state index contributed by atoms with van der Waals surface area (Å²) in [6, 6.07) is 8.79. The van der Waals surface area contributed by atoms with Crippen molar-refractivity contribution in [3.63, 3.8) is 0 Å². The van der Waals surface area contributed by atoms with Crippen LogP contribution < -0.4 is 0 Å². The van der Waals surface area contributed by atoms with Crippen LogP contribution in [-0.2, 0) is 6.18 Å². The molecule has 0 unspecified atom stereocenters. The SMILES string of the molecule is FC(F)(F)c1cnc(Cl)nc1-n1ccc2ccccc21. The average Bonchev–Trinajstić information content (AvgIpc) is 2.80. The third kappa shape index (κ3) is 2.12. The van der Waals surface area contributed by atoms with E-state index in [2.05, 4.69) is 9.97 Å². The molecule has 3 rings (SSSR count). The number of nitrogens with zero attached hydrogens (tertiary/aromatic N) is 3. The first kappa shape index (κ1) is 12.9. The fraction of sp³-hybridized carbons (Fsp3) is 0.0769. The number of para-hydroxylation sites is 1. The lowest BCUT2D eigenvalue weighted by Gasteiger charge is -2.13. The number of alkyl halides is 3. The van der Waals surface area contributed by atoms with Crippen molar-refractivity contribution in [2.24, 2.45) is 0 Å². The summed E-state index contributed by atoms with van der Waals surface area (Å²) in [4.78, 5) is 7.15. The second-order valence-electron chi connectivity index (χ2n) is 4.12. The minimum absolute atomic E-state index is 0.231. The Labute approximate surface area is 116 Å². The molecule has 0 aliphatic carbocycles. The van der Waals surface area contributed by atoms with E-state index in [1.165, 1.54) is 10.8 Å². The third-order valence-corrected chi connectivity index (χ3v) is 3.05. The molecular formula is C13H7ClF3N3. The molecule has 0 aliphatic heterocycles. The minimum atomic E-state index is -4.55. The van der Waals surface area contributed by atoms with Crippen LogP contribution in [0.4, 0.5) is 13.2 Å². The highest BCUT2D eigenvalue weighted by Crippen LogP contribution is 2.34. The molecule has 1 aromatic carbocycles. The summed E-state index contributed by atoms with van der Waals surface area (Å²) in [6.45, 7) is 0. The molecule has 102 valence electrons. The summed E-state index contributed by atoms with van der Waals surface area (Å²) in [5.41, 5.74) is -0.309. The summed E-state index contributed by atoms with van der Waals surface area (Å²) in [5, 5.41) is 0.584. The summed E-state index contributed by atoms with van der Waals surface area (Å²) in [5.74, 6) is -0.279. The zero-order valence-electron chi connectivity index (χ0n) is 9.89. The van der Waals surface area contributed by atoms with Crippen molar-refractivity contribution in [2.45, 2.75) is 6.18 Å². The highest BCUT2D eigenvalue weighted by Gasteiger charge is 2.36. The van der Waals surface area contributed by atoms with Crippen LogP contribution in [0.5, 0.6) is 0 Å². The third-order valence-electron chi connectivity index (χ3n) is 2.87. The van der Waals surface area contributed by atoms with Crippen LogP contribution in [0.1, 0.15) is 5.56 Å². The largest absolute Gasteiger partial charge is 0.421 e. The number of hydrogen-bond acceptors (Lipinski definition) is 2. The van der Waals surface area contributed by atoms with Crippen molar-refractivity contribution in [1.29, 1.82) is 0 Å². The van der Waals surface area contributed by atoms with Crippen molar-refractivity contribution in [1.82, 2.24) is 14.5 Å². The number of benzene rings is 1. The van der Waals surface area contributed by atoms with E-state index in [0.717, 1.165) is 5.39 Å². The van der Waals surface area contributed by atoms with Crippen molar-refractivity contribution in [3.8, 4) is 5.82 Å². The van der Waals surface area contributed by atoms with E-state index >= 15 is 0 Å². The van der Waals surface area contributed by atoms with Crippen molar-refractivity contribution < 1.29 is 13.2 Å². The highest BCUT2D eigenvalue weighted by atomic mass is 35.5. The van der Waals surface area contributed by atoms with Crippen LogP contribution in [0.3, 0.4) is 0 Å². The molecule has 2 aromatic heterocycles. The summed E-state index contributed by atoms with van der Waals surface area (Å²) in [7, 11) is 0. The summed E-state index contributed by atoms with van der Waals surface area (Å²) in [6.07, 6.45) is -2.33. The Kier molecular flexibility index (Phi) is 2.90. The fourth-order valence-corrected chi connectivity index (χ4v) is 2.13. The number of halogens is 4. The first-order valence-corrected chi connectivity index (χ1v) is 6.01. The van der Waals surface area contributed by atoms with Crippen molar-refractivity contribution in [3.05, 3.63) is 53.6 Å². The predicted molar refractivity (Wildman–Crippen MR) is 68.9 cm³/mol. The summed E-state index contributed by atoms with van der Waals surface area (Å²) < 4.78 is 40.5. The van der Waals surface area contributed by atoms with Gasteiger partial charge in [-0.2, -0.15) is 18.2 Å². The Morgan fingerprint density at radius 2 is 1.85 bits per heavy atom. The smallest absolute Gasteiger partial charge is 0.301 e. The maximum atomic E-state index is 13.0. The molecule has 0 atom stereocenters. The molecule has 0 saturated carbocycles. The van der Waals surface area contributed by atoms with Crippen LogP contribution in [-0.4, -0.2) is 14.5 Å². The lowest BCUT2D eigenvalue weighted by atomic mass is 10.2.